The van der Waals surface area contributed by atoms with E-state index in [0.717, 1.165) is 39.2 Å². The Morgan fingerprint density at radius 1 is 1.08 bits per heavy atom. The Hall–Kier alpha value is -2.50. The summed E-state index contributed by atoms with van der Waals surface area (Å²) in [6, 6.07) is 18.2. The number of fused-ring (bicyclic) bond motifs is 1. The molecule has 5 heteroatoms. The lowest BCUT2D eigenvalue weighted by molar-refractivity contribution is 0.103. The van der Waals surface area contributed by atoms with Crippen molar-refractivity contribution in [2.75, 3.05) is 5.32 Å². The third kappa shape index (κ3) is 3.28. The van der Waals surface area contributed by atoms with Crippen molar-refractivity contribution in [3.8, 4) is 11.3 Å². The zero-order valence-electron chi connectivity index (χ0n) is 14.4. The van der Waals surface area contributed by atoms with E-state index < -0.39 is 0 Å². The Morgan fingerprint density at radius 2 is 1.85 bits per heavy atom. The van der Waals surface area contributed by atoms with Crippen molar-refractivity contribution in [3.63, 3.8) is 0 Å². The molecule has 0 saturated carbocycles. The van der Waals surface area contributed by atoms with Gasteiger partial charge in [-0.3, -0.25) is 10.1 Å². The molecule has 4 rings (SSSR count). The van der Waals surface area contributed by atoms with Crippen LogP contribution in [0.3, 0.4) is 0 Å². The lowest BCUT2D eigenvalue weighted by Gasteiger charge is -2.03. The number of nitrogens with zero attached hydrogens (tertiary/aromatic N) is 1. The average molecular weight is 379 g/mol. The number of aromatic nitrogens is 1. The van der Waals surface area contributed by atoms with Crippen LogP contribution in [0.5, 0.6) is 0 Å². The second-order valence-corrected chi connectivity index (χ2v) is 7.92. The van der Waals surface area contributed by atoms with Crippen LogP contribution in [0.2, 0.25) is 0 Å². The van der Waals surface area contributed by atoms with E-state index in [1.807, 2.05) is 47.8 Å². The van der Waals surface area contributed by atoms with Crippen molar-refractivity contribution >= 4 is 43.8 Å². The van der Waals surface area contributed by atoms with E-state index in [0.29, 0.717) is 5.13 Å². The first-order valence-electron chi connectivity index (χ1n) is 8.59. The van der Waals surface area contributed by atoms with Gasteiger partial charge in [-0.15, -0.1) is 22.7 Å². The molecule has 0 fully saturated rings. The van der Waals surface area contributed by atoms with Crippen molar-refractivity contribution in [2.24, 2.45) is 0 Å². The van der Waals surface area contributed by atoms with E-state index in [-0.39, 0.29) is 5.91 Å². The van der Waals surface area contributed by atoms with Crippen LogP contribution in [0.25, 0.3) is 21.3 Å². The first-order valence-corrected chi connectivity index (χ1v) is 10.3. The number of benzene rings is 2. The molecule has 4 aromatic rings. The summed E-state index contributed by atoms with van der Waals surface area (Å²) in [5.74, 6) is -0.0661. The second-order valence-electron chi connectivity index (χ2n) is 6.01. The highest BCUT2D eigenvalue weighted by atomic mass is 32.1. The van der Waals surface area contributed by atoms with E-state index in [2.05, 4.69) is 29.4 Å². The molecular weight excluding hydrogens is 360 g/mol. The minimum absolute atomic E-state index is 0.0661. The third-order valence-corrected chi connectivity index (χ3v) is 6.17. The number of anilines is 1. The number of hydrogen-bond donors (Lipinski definition) is 1. The first kappa shape index (κ1) is 16.9. The van der Waals surface area contributed by atoms with Gasteiger partial charge in [0, 0.05) is 15.6 Å². The summed E-state index contributed by atoms with van der Waals surface area (Å²) < 4.78 is 1.16. The predicted molar refractivity (Wildman–Crippen MR) is 111 cm³/mol. The van der Waals surface area contributed by atoms with E-state index in [1.165, 1.54) is 16.7 Å². The largest absolute Gasteiger partial charge is 0.297 e. The number of carbonyl (C=O) groups is 1. The van der Waals surface area contributed by atoms with Gasteiger partial charge in [-0.25, -0.2) is 4.98 Å². The van der Waals surface area contributed by atoms with Crippen molar-refractivity contribution in [1.82, 2.24) is 4.98 Å². The van der Waals surface area contributed by atoms with Crippen LogP contribution in [0.15, 0.2) is 60.0 Å². The summed E-state index contributed by atoms with van der Waals surface area (Å²) in [6.45, 7) is 2.14. The number of nitrogens with one attached hydrogen (secondary N) is 1. The van der Waals surface area contributed by atoms with Crippen molar-refractivity contribution < 1.29 is 4.79 Å². The molecule has 0 aliphatic rings. The van der Waals surface area contributed by atoms with Crippen molar-refractivity contribution in [3.05, 3.63) is 70.4 Å². The molecule has 0 radical (unpaired) electrons. The molecular formula is C21H18N2OS2. The van der Waals surface area contributed by atoms with Gasteiger partial charge in [-0.1, -0.05) is 61.9 Å². The van der Waals surface area contributed by atoms with E-state index in [1.54, 1.807) is 11.3 Å². The molecule has 0 spiro atoms. The molecule has 0 atom stereocenters. The normalized spacial score (nSPS) is 11.0. The molecule has 2 aromatic carbocycles. The predicted octanol–water partition coefficient (Wildman–Crippen LogP) is 6.23. The standard InChI is InChI=1S/C21H18N2OS2/c1-2-8-16-15-11-6-7-12-18(15)26-19(16)20(24)23-21-22-17(13-25-21)14-9-4-3-5-10-14/h3-7,9-13H,2,8H2,1H3,(H,22,23,24). The SMILES string of the molecule is CCCc1c(C(=O)Nc2nc(-c3ccccc3)cs2)sc2ccccc12. The molecule has 3 nitrogen and oxygen atoms in total. The van der Waals surface area contributed by atoms with Gasteiger partial charge in [0.2, 0.25) is 0 Å². The van der Waals surface area contributed by atoms with Crippen LogP contribution in [-0.4, -0.2) is 10.9 Å². The number of thiazole rings is 1. The number of rotatable bonds is 5. The smallest absolute Gasteiger partial charge is 0.267 e. The quantitative estimate of drug-likeness (QED) is 0.447. The molecule has 26 heavy (non-hydrogen) atoms. The lowest BCUT2D eigenvalue weighted by atomic mass is 10.1. The Bertz CT molecular complexity index is 1050. The van der Waals surface area contributed by atoms with Gasteiger partial charge >= 0.3 is 0 Å². The summed E-state index contributed by atoms with van der Waals surface area (Å²) in [5.41, 5.74) is 3.08. The highest BCUT2D eigenvalue weighted by Gasteiger charge is 2.18. The molecule has 1 amide bonds. The Labute approximate surface area is 160 Å². The van der Waals surface area contributed by atoms with Crippen LogP contribution >= 0.6 is 22.7 Å². The lowest BCUT2D eigenvalue weighted by Crippen LogP contribution is -2.12. The second kappa shape index (κ2) is 7.40. The van der Waals surface area contributed by atoms with E-state index in [4.69, 9.17) is 0 Å². The summed E-state index contributed by atoms with van der Waals surface area (Å²) in [4.78, 5) is 18.3. The van der Waals surface area contributed by atoms with Crippen LogP contribution in [0.1, 0.15) is 28.6 Å². The molecule has 0 saturated heterocycles. The van der Waals surface area contributed by atoms with Gasteiger partial charge in [0.15, 0.2) is 5.13 Å². The Balaban J connectivity index is 1.62. The molecule has 0 bridgehead atoms. The first-order chi connectivity index (χ1) is 12.8. The summed E-state index contributed by atoms with van der Waals surface area (Å²) >= 11 is 3.01. The maximum Gasteiger partial charge on any atom is 0.267 e. The average Bonchev–Trinajstić information content (AvgIpc) is 3.28. The summed E-state index contributed by atoms with van der Waals surface area (Å²) in [7, 11) is 0. The summed E-state index contributed by atoms with van der Waals surface area (Å²) in [6.07, 6.45) is 1.91. The number of amides is 1. The monoisotopic (exact) mass is 378 g/mol. The van der Waals surface area contributed by atoms with Gasteiger partial charge < -0.3 is 0 Å². The van der Waals surface area contributed by atoms with Crippen LogP contribution in [-0.2, 0) is 6.42 Å². The molecule has 2 aromatic heterocycles. The van der Waals surface area contributed by atoms with Crippen LogP contribution < -0.4 is 5.32 Å². The number of hydrogen-bond acceptors (Lipinski definition) is 4. The molecule has 130 valence electrons. The van der Waals surface area contributed by atoms with E-state index in [9.17, 15) is 4.79 Å². The molecule has 1 N–H and O–H groups in total. The van der Waals surface area contributed by atoms with Gasteiger partial charge in [0.05, 0.1) is 10.6 Å². The Morgan fingerprint density at radius 3 is 2.65 bits per heavy atom. The maximum absolute atomic E-state index is 12.9. The molecule has 0 unspecified atom stereocenters. The number of aryl methyl sites for hydroxylation is 1. The van der Waals surface area contributed by atoms with Crippen LogP contribution in [0, 0.1) is 0 Å². The van der Waals surface area contributed by atoms with Crippen LogP contribution in [0.4, 0.5) is 5.13 Å². The molecule has 0 aliphatic carbocycles. The third-order valence-electron chi connectivity index (χ3n) is 4.20. The highest BCUT2D eigenvalue weighted by molar-refractivity contribution is 7.21. The topological polar surface area (TPSA) is 42.0 Å². The van der Waals surface area contributed by atoms with Gasteiger partial charge in [-0.2, -0.15) is 0 Å². The fourth-order valence-corrected chi connectivity index (χ4v) is 4.87. The van der Waals surface area contributed by atoms with E-state index >= 15 is 0 Å². The number of thiophene rings is 1. The minimum atomic E-state index is -0.0661. The molecule has 0 aliphatic heterocycles. The number of carbonyl (C=O) groups excluding carboxylic acids is 1. The fourth-order valence-electron chi connectivity index (χ4n) is 3.01. The zero-order valence-corrected chi connectivity index (χ0v) is 16.0. The van der Waals surface area contributed by atoms with Crippen molar-refractivity contribution in [2.45, 2.75) is 19.8 Å². The van der Waals surface area contributed by atoms with Crippen molar-refractivity contribution in [1.29, 1.82) is 0 Å². The van der Waals surface area contributed by atoms with Gasteiger partial charge in [0.25, 0.3) is 5.91 Å². The minimum Gasteiger partial charge on any atom is -0.297 e. The summed E-state index contributed by atoms with van der Waals surface area (Å²) in [5, 5.41) is 6.78. The molecule has 2 heterocycles. The Kier molecular flexibility index (Phi) is 4.82. The fraction of sp³-hybridized carbons (Fsp3) is 0.143. The highest BCUT2D eigenvalue weighted by Crippen LogP contribution is 2.33. The maximum atomic E-state index is 12.9. The van der Waals surface area contributed by atoms with Gasteiger partial charge in [-0.05, 0) is 23.4 Å². The van der Waals surface area contributed by atoms with Gasteiger partial charge in [0.1, 0.15) is 0 Å². The zero-order chi connectivity index (χ0) is 17.9.